The standard InChI is InChI=1S/C7H10ClN3/c8-6-2-1-5(4-11-10)7(9)3-6/h1-3,11H,4,9-10H2. The molecule has 1 aromatic rings. The number of benzene rings is 1. The van der Waals surface area contributed by atoms with Crippen molar-refractivity contribution in [2.24, 2.45) is 5.84 Å². The SMILES string of the molecule is NNCc1ccc(Cl)cc1N. The number of nitrogens with two attached hydrogens (primary N) is 2. The molecule has 5 N–H and O–H groups in total. The van der Waals surface area contributed by atoms with Gasteiger partial charge in [0.2, 0.25) is 0 Å². The van der Waals surface area contributed by atoms with E-state index in [4.69, 9.17) is 23.2 Å². The fraction of sp³-hybridized carbons (Fsp3) is 0.143. The summed E-state index contributed by atoms with van der Waals surface area (Å²) in [7, 11) is 0. The number of anilines is 1. The predicted octanol–water partition coefficient (Wildman–Crippen LogP) is 0.885. The Morgan fingerprint density at radius 3 is 2.73 bits per heavy atom. The van der Waals surface area contributed by atoms with E-state index in [0.29, 0.717) is 17.3 Å². The van der Waals surface area contributed by atoms with Crippen molar-refractivity contribution in [3.63, 3.8) is 0 Å². The third-order valence-electron chi connectivity index (χ3n) is 1.40. The topological polar surface area (TPSA) is 64.1 Å². The number of hydrogen-bond acceptors (Lipinski definition) is 3. The molecule has 1 aromatic carbocycles. The van der Waals surface area contributed by atoms with Crippen molar-refractivity contribution in [1.29, 1.82) is 0 Å². The van der Waals surface area contributed by atoms with Crippen molar-refractivity contribution in [3.8, 4) is 0 Å². The smallest absolute Gasteiger partial charge is 0.0426 e. The Morgan fingerprint density at radius 1 is 1.45 bits per heavy atom. The Kier molecular flexibility index (Phi) is 2.70. The summed E-state index contributed by atoms with van der Waals surface area (Å²) < 4.78 is 0. The highest BCUT2D eigenvalue weighted by Crippen LogP contribution is 2.17. The van der Waals surface area contributed by atoms with Gasteiger partial charge in [0.15, 0.2) is 0 Å². The van der Waals surface area contributed by atoms with Crippen LogP contribution in [0.2, 0.25) is 5.02 Å². The van der Waals surface area contributed by atoms with Gasteiger partial charge in [0.05, 0.1) is 0 Å². The fourth-order valence-electron chi connectivity index (χ4n) is 0.837. The molecule has 0 spiro atoms. The molecule has 0 aromatic heterocycles. The summed E-state index contributed by atoms with van der Waals surface area (Å²) >= 11 is 5.69. The molecule has 0 heterocycles. The molecule has 0 radical (unpaired) electrons. The Labute approximate surface area is 70.3 Å². The van der Waals surface area contributed by atoms with E-state index in [1.807, 2.05) is 6.07 Å². The van der Waals surface area contributed by atoms with Crippen LogP contribution in [0.1, 0.15) is 5.56 Å². The maximum absolute atomic E-state index is 5.69. The summed E-state index contributed by atoms with van der Waals surface area (Å²) in [6.07, 6.45) is 0. The monoisotopic (exact) mass is 171 g/mol. The quantitative estimate of drug-likeness (QED) is 0.352. The zero-order chi connectivity index (χ0) is 8.27. The van der Waals surface area contributed by atoms with Crippen molar-refractivity contribution in [1.82, 2.24) is 5.43 Å². The van der Waals surface area contributed by atoms with Crippen molar-refractivity contribution < 1.29 is 0 Å². The molecule has 0 atom stereocenters. The normalized spacial score (nSPS) is 10.0. The van der Waals surface area contributed by atoms with Crippen LogP contribution < -0.4 is 17.0 Å². The first kappa shape index (κ1) is 8.33. The van der Waals surface area contributed by atoms with Crippen LogP contribution in [-0.4, -0.2) is 0 Å². The summed E-state index contributed by atoms with van der Waals surface area (Å²) in [6.45, 7) is 0.559. The highest BCUT2D eigenvalue weighted by molar-refractivity contribution is 6.30. The van der Waals surface area contributed by atoms with Gasteiger partial charge in [0, 0.05) is 17.3 Å². The van der Waals surface area contributed by atoms with Crippen LogP contribution in [0.3, 0.4) is 0 Å². The van der Waals surface area contributed by atoms with E-state index in [1.165, 1.54) is 0 Å². The van der Waals surface area contributed by atoms with E-state index in [9.17, 15) is 0 Å². The maximum Gasteiger partial charge on any atom is 0.0426 e. The van der Waals surface area contributed by atoms with E-state index in [0.717, 1.165) is 5.56 Å². The highest BCUT2D eigenvalue weighted by atomic mass is 35.5. The summed E-state index contributed by atoms with van der Waals surface area (Å²) in [5.41, 5.74) is 9.77. The lowest BCUT2D eigenvalue weighted by molar-refractivity contribution is 0.743. The zero-order valence-electron chi connectivity index (χ0n) is 5.97. The molecule has 1 rings (SSSR count). The Morgan fingerprint density at radius 2 is 2.18 bits per heavy atom. The maximum atomic E-state index is 5.69. The molecule has 0 saturated heterocycles. The van der Waals surface area contributed by atoms with Crippen LogP contribution >= 0.6 is 11.6 Å². The minimum atomic E-state index is 0.559. The second-order valence-corrected chi connectivity index (χ2v) is 2.66. The lowest BCUT2D eigenvalue weighted by atomic mass is 10.2. The second kappa shape index (κ2) is 3.57. The predicted molar refractivity (Wildman–Crippen MR) is 46.9 cm³/mol. The zero-order valence-corrected chi connectivity index (χ0v) is 6.73. The Bertz CT molecular complexity index is 249. The number of nitrogens with one attached hydrogen (secondary N) is 1. The number of hydrogen-bond donors (Lipinski definition) is 3. The first-order valence-corrected chi connectivity index (χ1v) is 3.59. The first-order valence-electron chi connectivity index (χ1n) is 3.21. The molecular weight excluding hydrogens is 162 g/mol. The molecule has 0 amide bonds. The number of halogens is 1. The molecule has 0 aliphatic carbocycles. The molecule has 11 heavy (non-hydrogen) atoms. The largest absolute Gasteiger partial charge is 0.398 e. The van der Waals surface area contributed by atoms with Crippen LogP contribution in [-0.2, 0) is 6.54 Å². The molecule has 0 unspecified atom stereocenters. The number of nitrogen functional groups attached to an aromatic ring is 1. The molecular formula is C7H10ClN3. The summed E-state index contributed by atoms with van der Waals surface area (Å²) in [6, 6.07) is 5.33. The molecule has 3 nitrogen and oxygen atoms in total. The molecule has 0 aliphatic rings. The van der Waals surface area contributed by atoms with E-state index < -0.39 is 0 Å². The Balaban J connectivity index is 2.90. The van der Waals surface area contributed by atoms with Crippen LogP contribution in [0.4, 0.5) is 5.69 Å². The van der Waals surface area contributed by atoms with Gasteiger partial charge in [-0.2, -0.15) is 0 Å². The van der Waals surface area contributed by atoms with Gasteiger partial charge in [0.25, 0.3) is 0 Å². The van der Waals surface area contributed by atoms with Crippen molar-refractivity contribution in [2.45, 2.75) is 6.54 Å². The third kappa shape index (κ3) is 2.08. The number of hydrazine groups is 1. The average molecular weight is 172 g/mol. The van der Waals surface area contributed by atoms with Crippen LogP contribution in [0, 0.1) is 0 Å². The van der Waals surface area contributed by atoms with Gasteiger partial charge in [0.1, 0.15) is 0 Å². The minimum absolute atomic E-state index is 0.559. The van der Waals surface area contributed by atoms with Gasteiger partial charge < -0.3 is 5.73 Å². The summed E-state index contributed by atoms with van der Waals surface area (Å²) in [5.74, 6) is 5.13. The van der Waals surface area contributed by atoms with E-state index in [2.05, 4.69) is 5.43 Å². The molecule has 0 bridgehead atoms. The first-order chi connectivity index (χ1) is 5.24. The average Bonchev–Trinajstić information content (AvgIpc) is 1.95. The van der Waals surface area contributed by atoms with Crippen LogP contribution in [0.25, 0.3) is 0 Å². The van der Waals surface area contributed by atoms with E-state index >= 15 is 0 Å². The molecule has 4 heteroatoms. The van der Waals surface area contributed by atoms with Crippen molar-refractivity contribution in [3.05, 3.63) is 28.8 Å². The molecule has 0 fully saturated rings. The van der Waals surface area contributed by atoms with Gasteiger partial charge >= 0.3 is 0 Å². The van der Waals surface area contributed by atoms with Crippen molar-refractivity contribution in [2.75, 3.05) is 5.73 Å². The van der Waals surface area contributed by atoms with E-state index in [-0.39, 0.29) is 0 Å². The van der Waals surface area contributed by atoms with Gasteiger partial charge in [-0.05, 0) is 17.7 Å². The van der Waals surface area contributed by atoms with Crippen LogP contribution in [0.5, 0.6) is 0 Å². The highest BCUT2D eigenvalue weighted by Gasteiger charge is 1.97. The van der Waals surface area contributed by atoms with Gasteiger partial charge in [-0.15, -0.1) is 0 Å². The lowest BCUT2D eigenvalue weighted by Gasteiger charge is -2.03. The van der Waals surface area contributed by atoms with Crippen molar-refractivity contribution >= 4 is 17.3 Å². The van der Waals surface area contributed by atoms with E-state index in [1.54, 1.807) is 12.1 Å². The minimum Gasteiger partial charge on any atom is -0.398 e. The summed E-state index contributed by atoms with van der Waals surface area (Å²) in [5, 5.41) is 0.642. The summed E-state index contributed by atoms with van der Waals surface area (Å²) in [4.78, 5) is 0. The van der Waals surface area contributed by atoms with Crippen LogP contribution in [0.15, 0.2) is 18.2 Å². The fourth-order valence-corrected chi connectivity index (χ4v) is 1.02. The Hall–Kier alpha value is -0.770. The van der Waals surface area contributed by atoms with Gasteiger partial charge in [-0.25, -0.2) is 0 Å². The third-order valence-corrected chi connectivity index (χ3v) is 1.64. The van der Waals surface area contributed by atoms with Gasteiger partial charge in [-0.1, -0.05) is 17.7 Å². The molecule has 60 valence electrons. The molecule has 0 saturated carbocycles. The molecule has 0 aliphatic heterocycles. The number of rotatable bonds is 2. The van der Waals surface area contributed by atoms with Gasteiger partial charge in [-0.3, -0.25) is 11.3 Å². The second-order valence-electron chi connectivity index (χ2n) is 2.22. The lowest BCUT2D eigenvalue weighted by Crippen LogP contribution is -2.21.